The van der Waals surface area contributed by atoms with E-state index < -0.39 is 24.3 Å². The monoisotopic (exact) mass is 323 g/mol. The Kier molecular flexibility index (Phi) is 7.03. The van der Waals surface area contributed by atoms with Crippen molar-refractivity contribution in [3.63, 3.8) is 0 Å². The van der Waals surface area contributed by atoms with E-state index in [0.717, 1.165) is 5.56 Å². The molecule has 0 fully saturated rings. The SMILES string of the molecule is CN(C(=O)OC(C)(C)C)[C@@H](COCC(=O)O)Cc1ccccc1. The van der Waals surface area contributed by atoms with Crippen LogP contribution >= 0.6 is 0 Å². The average molecular weight is 323 g/mol. The molecule has 0 spiro atoms. The first-order valence-electron chi connectivity index (χ1n) is 7.48. The summed E-state index contributed by atoms with van der Waals surface area (Å²) in [4.78, 5) is 24.3. The van der Waals surface area contributed by atoms with Crippen molar-refractivity contribution < 1.29 is 24.2 Å². The number of carboxylic acids is 1. The van der Waals surface area contributed by atoms with E-state index in [1.54, 1.807) is 27.8 Å². The van der Waals surface area contributed by atoms with Gasteiger partial charge < -0.3 is 19.5 Å². The van der Waals surface area contributed by atoms with E-state index in [1.807, 2.05) is 30.3 Å². The summed E-state index contributed by atoms with van der Waals surface area (Å²) in [6, 6.07) is 9.33. The van der Waals surface area contributed by atoms with Crippen molar-refractivity contribution in [3.05, 3.63) is 35.9 Å². The van der Waals surface area contributed by atoms with Gasteiger partial charge in [0, 0.05) is 7.05 Å². The van der Waals surface area contributed by atoms with Crippen LogP contribution in [-0.2, 0) is 20.7 Å². The highest BCUT2D eigenvalue weighted by atomic mass is 16.6. The molecular weight excluding hydrogens is 298 g/mol. The van der Waals surface area contributed by atoms with Gasteiger partial charge in [-0.15, -0.1) is 0 Å². The Labute approximate surface area is 137 Å². The zero-order chi connectivity index (χ0) is 17.5. The molecular formula is C17H25NO5. The van der Waals surface area contributed by atoms with Gasteiger partial charge in [0.2, 0.25) is 0 Å². The predicted octanol–water partition coefficient (Wildman–Crippen LogP) is 2.57. The summed E-state index contributed by atoms with van der Waals surface area (Å²) in [6.45, 7) is 5.12. The molecule has 0 aliphatic heterocycles. The topological polar surface area (TPSA) is 76.1 Å². The van der Waals surface area contributed by atoms with Crippen LogP contribution in [0.4, 0.5) is 4.79 Å². The number of carboxylic acid groups (broad SMARTS) is 1. The molecule has 0 unspecified atom stereocenters. The number of ether oxygens (including phenoxy) is 2. The third kappa shape index (κ3) is 7.65. The Bertz CT molecular complexity index is 509. The van der Waals surface area contributed by atoms with Crippen molar-refractivity contribution in [3.8, 4) is 0 Å². The minimum absolute atomic E-state index is 0.122. The van der Waals surface area contributed by atoms with Gasteiger partial charge in [0.25, 0.3) is 0 Å². The maximum atomic E-state index is 12.2. The van der Waals surface area contributed by atoms with Crippen molar-refractivity contribution in [1.29, 1.82) is 0 Å². The third-order valence-electron chi connectivity index (χ3n) is 3.08. The van der Waals surface area contributed by atoms with Crippen LogP contribution in [0.2, 0.25) is 0 Å². The van der Waals surface area contributed by atoms with Crippen LogP contribution < -0.4 is 0 Å². The lowest BCUT2D eigenvalue weighted by atomic mass is 10.1. The maximum absolute atomic E-state index is 12.2. The van der Waals surface area contributed by atoms with Gasteiger partial charge in [-0.05, 0) is 32.8 Å². The standard InChI is InChI=1S/C17H25NO5/c1-17(2,3)23-16(21)18(4)14(11-22-12-15(19)20)10-13-8-6-5-7-9-13/h5-9,14H,10-12H2,1-4H3,(H,19,20)/t14-/m1/s1. The smallest absolute Gasteiger partial charge is 0.410 e. The molecule has 1 aromatic rings. The van der Waals surface area contributed by atoms with Crippen LogP contribution in [0.3, 0.4) is 0 Å². The molecule has 0 aromatic heterocycles. The zero-order valence-electron chi connectivity index (χ0n) is 14.1. The Morgan fingerprint density at radius 2 is 1.83 bits per heavy atom. The Hall–Kier alpha value is -2.08. The summed E-state index contributed by atoms with van der Waals surface area (Å²) in [6.07, 6.45) is 0.0910. The minimum Gasteiger partial charge on any atom is -0.480 e. The molecule has 1 rings (SSSR count). The van der Waals surface area contributed by atoms with Crippen LogP contribution in [0.5, 0.6) is 0 Å². The van der Waals surface area contributed by atoms with Crippen molar-refractivity contribution in [2.24, 2.45) is 0 Å². The summed E-state index contributed by atoms with van der Waals surface area (Å²) < 4.78 is 10.5. The summed E-state index contributed by atoms with van der Waals surface area (Å²) in [5, 5.41) is 8.69. The van der Waals surface area contributed by atoms with Gasteiger partial charge in [-0.1, -0.05) is 30.3 Å². The number of hydrogen-bond donors (Lipinski definition) is 1. The molecule has 0 saturated heterocycles. The Balaban J connectivity index is 2.76. The van der Waals surface area contributed by atoms with E-state index in [2.05, 4.69) is 0 Å². The first-order valence-corrected chi connectivity index (χ1v) is 7.48. The van der Waals surface area contributed by atoms with E-state index in [0.29, 0.717) is 6.42 Å². The van der Waals surface area contributed by atoms with Gasteiger partial charge >= 0.3 is 12.1 Å². The highest BCUT2D eigenvalue weighted by molar-refractivity contribution is 5.68. The molecule has 23 heavy (non-hydrogen) atoms. The van der Waals surface area contributed by atoms with Gasteiger partial charge in [-0.2, -0.15) is 0 Å². The lowest BCUT2D eigenvalue weighted by Gasteiger charge is -2.30. The van der Waals surface area contributed by atoms with Crippen molar-refractivity contribution in [1.82, 2.24) is 4.90 Å². The van der Waals surface area contributed by atoms with E-state index in [-0.39, 0.29) is 12.6 Å². The van der Waals surface area contributed by atoms with Crippen molar-refractivity contribution >= 4 is 12.1 Å². The van der Waals surface area contributed by atoms with E-state index in [1.165, 1.54) is 4.90 Å². The van der Waals surface area contributed by atoms with Crippen LogP contribution in [0.1, 0.15) is 26.3 Å². The fraction of sp³-hybridized carbons (Fsp3) is 0.529. The molecule has 0 saturated carbocycles. The first kappa shape index (κ1) is 19.0. The number of benzene rings is 1. The summed E-state index contributed by atoms with van der Waals surface area (Å²) in [7, 11) is 1.63. The van der Waals surface area contributed by atoms with Gasteiger partial charge in [-0.25, -0.2) is 9.59 Å². The molecule has 1 atom stereocenters. The minimum atomic E-state index is -1.04. The van der Waals surface area contributed by atoms with Crippen molar-refractivity contribution in [2.75, 3.05) is 20.3 Å². The van der Waals surface area contributed by atoms with E-state index in [4.69, 9.17) is 14.6 Å². The number of nitrogens with zero attached hydrogens (tertiary/aromatic N) is 1. The Morgan fingerprint density at radius 1 is 1.22 bits per heavy atom. The number of hydrogen-bond acceptors (Lipinski definition) is 4. The summed E-state index contributed by atoms with van der Waals surface area (Å²) in [5.74, 6) is -1.04. The number of likely N-dealkylation sites (N-methyl/N-ethyl adjacent to an activating group) is 1. The number of carbonyl (C=O) groups excluding carboxylic acids is 1. The lowest BCUT2D eigenvalue weighted by molar-refractivity contribution is -0.142. The molecule has 6 heteroatoms. The molecule has 0 aliphatic carbocycles. The second-order valence-electron chi connectivity index (χ2n) is 6.34. The summed E-state index contributed by atoms with van der Waals surface area (Å²) >= 11 is 0. The molecule has 6 nitrogen and oxygen atoms in total. The van der Waals surface area contributed by atoms with Gasteiger partial charge in [0.15, 0.2) is 0 Å². The lowest BCUT2D eigenvalue weighted by Crippen LogP contribution is -2.44. The second kappa shape index (κ2) is 8.53. The fourth-order valence-corrected chi connectivity index (χ4v) is 1.96. The van der Waals surface area contributed by atoms with Crippen LogP contribution in [0.15, 0.2) is 30.3 Å². The normalized spacial score (nSPS) is 12.5. The highest BCUT2D eigenvalue weighted by Gasteiger charge is 2.26. The number of amides is 1. The average Bonchev–Trinajstić information content (AvgIpc) is 2.44. The van der Waals surface area contributed by atoms with Gasteiger partial charge in [-0.3, -0.25) is 0 Å². The van der Waals surface area contributed by atoms with E-state index in [9.17, 15) is 9.59 Å². The molecule has 1 amide bonds. The zero-order valence-corrected chi connectivity index (χ0v) is 14.1. The number of aliphatic carboxylic acids is 1. The molecule has 0 heterocycles. The molecule has 0 radical (unpaired) electrons. The molecule has 1 N–H and O–H groups in total. The largest absolute Gasteiger partial charge is 0.480 e. The fourth-order valence-electron chi connectivity index (χ4n) is 1.96. The third-order valence-corrected chi connectivity index (χ3v) is 3.08. The molecule has 128 valence electrons. The van der Waals surface area contributed by atoms with Crippen molar-refractivity contribution in [2.45, 2.75) is 38.8 Å². The van der Waals surface area contributed by atoms with E-state index >= 15 is 0 Å². The van der Waals surface area contributed by atoms with Crippen LogP contribution in [-0.4, -0.2) is 54.0 Å². The summed E-state index contributed by atoms with van der Waals surface area (Å²) in [5.41, 5.74) is 0.441. The highest BCUT2D eigenvalue weighted by Crippen LogP contribution is 2.14. The Morgan fingerprint density at radius 3 is 2.35 bits per heavy atom. The first-order chi connectivity index (χ1) is 10.7. The van der Waals surface area contributed by atoms with Crippen LogP contribution in [0, 0.1) is 0 Å². The quantitative estimate of drug-likeness (QED) is 0.834. The van der Waals surface area contributed by atoms with Gasteiger partial charge in [0.1, 0.15) is 12.2 Å². The maximum Gasteiger partial charge on any atom is 0.410 e. The number of carbonyl (C=O) groups is 2. The molecule has 0 bridgehead atoms. The predicted molar refractivity (Wildman–Crippen MR) is 86.4 cm³/mol. The molecule has 0 aliphatic rings. The van der Waals surface area contributed by atoms with Gasteiger partial charge in [0.05, 0.1) is 12.6 Å². The molecule has 1 aromatic carbocycles. The van der Waals surface area contributed by atoms with Crippen LogP contribution in [0.25, 0.3) is 0 Å². The second-order valence-corrected chi connectivity index (χ2v) is 6.34. The number of rotatable bonds is 7.